The first kappa shape index (κ1) is 8.97. The first-order valence-corrected chi connectivity index (χ1v) is 5.09. The third kappa shape index (κ3) is 1.56. The molecule has 4 heteroatoms. The summed E-state index contributed by atoms with van der Waals surface area (Å²) in [4.78, 5) is 16.0. The molecule has 2 fully saturated rings. The van der Waals surface area contributed by atoms with E-state index in [0.29, 0.717) is 0 Å². The number of hydrogen-bond donors (Lipinski definition) is 1. The highest BCUT2D eigenvalue weighted by Gasteiger charge is 2.34. The van der Waals surface area contributed by atoms with Crippen molar-refractivity contribution in [2.75, 3.05) is 32.7 Å². The van der Waals surface area contributed by atoms with Gasteiger partial charge in [-0.25, -0.2) is 0 Å². The van der Waals surface area contributed by atoms with Crippen molar-refractivity contribution in [1.82, 2.24) is 15.1 Å². The number of carbonyl (C=O) groups excluding carboxylic acids is 1. The van der Waals surface area contributed by atoms with Gasteiger partial charge in [-0.2, -0.15) is 0 Å². The van der Waals surface area contributed by atoms with Crippen molar-refractivity contribution >= 4 is 5.91 Å². The van der Waals surface area contributed by atoms with Crippen LogP contribution in [0.5, 0.6) is 0 Å². The van der Waals surface area contributed by atoms with Crippen molar-refractivity contribution in [2.24, 2.45) is 0 Å². The molecule has 2 heterocycles. The van der Waals surface area contributed by atoms with Crippen molar-refractivity contribution in [3.8, 4) is 0 Å². The predicted octanol–water partition coefficient (Wildman–Crippen LogP) is -0.530. The second kappa shape index (κ2) is 3.64. The van der Waals surface area contributed by atoms with Crippen molar-refractivity contribution in [1.29, 1.82) is 0 Å². The third-order valence-corrected chi connectivity index (χ3v) is 2.91. The molecule has 2 aliphatic rings. The van der Waals surface area contributed by atoms with E-state index in [2.05, 4.69) is 10.2 Å². The fourth-order valence-electron chi connectivity index (χ4n) is 2.11. The number of amides is 1. The number of fused-ring (bicyclic) bond motifs is 1. The van der Waals surface area contributed by atoms with Crippen molar-refractivity contribution < 1.29 is 4.79 Å². The van der Waals surface area contributed by atoms with Crippen LogP contribution < -0.4 is 5.32 Å². The normalized spacial score (nSPS) is 30.4. The van der Waals surface area contributed by atoms with Crippen LogP contribution in [0.15, 0.2) is 0 Å². The highest BCUT2D eigenvalue weighted by Crippen LogP contribution is 2.12. The van der Waals surface area contributed by atoms with Gasteiger partial charge in [0.25, 0.3) is 5.91 Å². The Bertz CT molecular complexity index is 207. The predicted molar refractivity (Wildman–Crippen MR) is 50.2 cm³/mol. The Morgan fingerprint density at radius 1 is 1.46 bits per heavy atom. The molecule has 0 aromatic rings. The SMILES string of the molecule is CCN1CCN2CCCN[C@@H]2C1=O. The maximum Gasteiger partial charge on any atom is 0.254 e. The van der Waals surface area contributed by atoms with Crippen LogP contribution in [0.4, 0.5) is 0 Å². The molecule has 0 unspecified atom stereocenters. The van der Waals surface area contributed by atoms with Gasteiger partial charge in [0.1, 0.15) is 6.17 Å². The largest absolute Gasteiger partial charge is 0.339 e. The molecule has 1 amide bonds. The Kier molecular flexibility index (Phi) is 2.51. The Balaban J connectivity index is 2.05. The average Bonchev–Trinajstić information content (AvgIpc) is 2.19. The highest BCUT2D eigenvalue weighted by atomic mass is 16.2. The molecule has 0 aliphatic carbocycles. The summed E-state index contributed by atoms with van der Waals surface area (Å²) in [6.45, 7) is 6.84. The maximum atomic E-state index is 11.8. The number of hydrogen-bond acceptors (Lipinski definition) is 3. The number of rotatable bonds is 1. The Morgan fingerprint density at radius 3 is 3.08 bits per heavy atom. The Hall–Kier alpha value is -0.610. The van der Waals surface area contributed by atoms with E-state index in [9.17, 15) is 4.79 Å². The second-order valence-electron chi connectivity index (χ2n) is 3.66. The summed E-state index contributed by atoms with van der Waals surface area (Å²) in [5.41, 5.74) is 0. The molecule has 2 aliphatic heterocycles. The first-order chi connectivity index (χ1) is 6.33. The number of nitrogens with zero attached hydrogens (tertiary/aromatic N) is 2. The highest BCUT2D eigenvalue weighted by molar-refractivity contribution is 5.82. The molecule has 0 bridgehead atoms. The topological polar surface area (TPSA) is 35.6 Å². The van der Waals surface area contributed by atoms with Crippen molar-refractivity contribution in [2.45, 2.75) is 19.5 Å². The molecular formula is C9H17N3O. The molecule has 0 aromatic heterocycles. The lowest BCUT2D eigenvalue weighted by Crippen LogP contribution is -2.64. The summed E-state index contributed by atoms with van der Waals surface area (Å²) >= 11 is 0. The van der Waals surface area contributed by atoms with Gasteiger partial charge in [0.15, 0.2) is 0 Å². The fraction of sp³-hybridized carbons (Fsp3) is 0.889. The van der Waals surface area contributed by atoms with Gasteiger partial charge in [0.05, 0.1) is 0 Å². The molecular weight excluding hydrogens is 166 g/mol. The average molecular weight is 183 g/mol. The zero-order valence-electron chi connectivity index (χ0n) is 8.12. The van der Waals surface area contributed by atoms with E-state index in [-0.39, 0.29) is 12.1 Å². The molecule has 0 radical (unpaired) electrons. The van der Waals surface area contributed by atoms with Crippen LogP contribution in [0.2, 0.25) is 0 Å². The van der Waals surface area contributed by atoms with Gasteiger partial charge < -0.3 is 4.90 Å². The van der Waals surface area contributed by atoms with Crippen LogP contribution in [-0.2, 0) is 4.79 Å². The molecule has 0 aromatic carbocycles. The van der Waals surface area contributed by atoms with Crippen molar-refractivity contribution in [3.05, 3.63) is 0 Å². The smallest absolute Gasteiger partial charge is 0.254 e. The van der Waals surface area contributed by atoms with Gasteiger partial charge in [0.2, 0.25) is 0 Å². The lowest BCUT2D eigenvalue weighted by molar-refractivity contribution is -0.144. The minimum absolute atomic E-state index is 0.0255. The molecule has 13 heavy (non-hydrogen) atoms. The van der Waals surface area contributed by atoms with Crippen LogP contribution in [0.25, 0.3) is 0 Å². The monoisotopic (exact) mass is 183 g/mol. The fourth-order valence-corrected chi connectivity index (χ4v) is 2.11. The van der Waals surface area contributed by atoms with Gasteiger partial charge in [-0.3, -0.25) is 15.0 Å². The van der Waals surface area contributed by atoms with Gasteiger partial charge in [-0.05, 0) is 19.9 Å². The number of carbonyl (C=O) groups is 1. The molecule has 2 rings (SSSR count). The van der Waals surface area contributed by atoms with E-state index in [1.54, 1.807) is 0 Å². The summed E-state index contributed by atoms with van der Waals surface area (Å²) in [5.74, 6) is 0.258. The molecule has 1 atom stereocenters. The van der Waals surface area contributed by atoms with E-state index in [0.717, 1.165) is 39.1 Å². The van der Waals surface area contributed by atoms with Gasteiger partial charge >= 0.3 is 0 Å². The molecule has 2 saturated heterocycles. The van der Waals surface area contributed by atoms with E-state index < -0.39 is 0 Å². The van der Waals surface area contributed by atoms with Crippen molar-refractivity contribution in [3.63, 3.8) is 0 Å². The van der Waals surface area contributed by atoms with Crippen LogP contribution in [0, 0.1) is 0 Å². The number of nitrogens with one attached hydrogen (secondary N) is 1. The molecule has 0 saturated carbocycles. The summed E-state index contributed by atoms with van der Waals surface area (Å²) in [6, 6.07) is 0. The Morgan fingerprint density at radius 2 is 2.31 bits per heavy atom. The summed E-state index contributed by atoms with van der Waals surface area (Å²) in [7, 11) is 0. The first-order valence-electron chi connectivity index (χ1n) is 5.09. The summed E-state index contributed by atoms with van der Waals surface area (Å²) in [6.07, 6.45) is 1.14. The Labute approximate surface area is 78.9 Å². The number of piperazine rings is 1. The van der Waals surface area contributed by atoms with Crippen LogP contribution in [0.3, 0.4) is 0 Å². The lowest BCUT2D eigenvalue weighted by atomic mass is 10.2. The van der Waals surface area contributed by atoms with Gasteiger partial charge in [0, 0.05) is 26.2 Å². The quantitative estimate of drug-likeness (QED) is 0.593. The van der Waals surface area contributed by atoms with Crippen LogP contribution in [-0.4, -0.2) is 54.6 Å². The molecule has 74 valence electrons. The van der Waals surface area contributed by atoms with Gasteiger partial charge in [-0.15, -0.1) is 0 Å². The number of likely N-dealkylation sites (N-methyl/N-ethyl adjacent to an activating group) is 1. The summed E-state index contributed by atoms with van der Waals surface area (Å²) < 4.78 is 0. The van der Waals surface area contributed by atoms with E-state index in [4.69, 9.17) is 0 Å². The van der Waals surface area contributed by atoms with Crippen LogP contribution in [0.1, 0.15) is 13.3 Å². The zero-order chi connectivity index (χ0) is 9.26. The van der Waals surface area contributed by atoms with E-state index in [1.807, 2.05) is 11.8 Å². The maximum absolute atomic E-state index is 11.8. The lowest BCUT2D eigenvalue weighted by Gasteiger charge is -2.43. The molecule has 1 N–H and O–H groups in total. The minimum Gasteiger partial charge on any atom is -0.339 e. The minimum atomic E-state index is -0.0255. The van der Waals surface area contributed by atoms with E-state index >= 15 is 0 Å². The standard InChI is InChI=1S/C9H17N3O/c1-2-11-6-7-12-5-3-4-10-8(12)9(11)13/h8,10H,2-7H2,1H3/t8-/m0/s1. The molecule has 0 spiro atoms. The molecule has 4 nitrogen and oxygen atoms in total. The van der Waals surface area contributed by atoms with E-state index in [1.165, 1.54) is 0 Å². The second-order valence-corrected chi connectivity index (χ2v) is 3.66. The summed E-state index contributed by atoms with van der Waals surface area (Å²) in [5, 5.41) is 3.27. The zero-order valence-corrected chi connectivity index (χ0v) is 8.12. The van der Waals surface area contributed by atoms with Gasteiger partial charge in [-0.1, -0.05) is 0 Å². The third-order valence-electron chi connectivity index (χ3n) is 2.91. The van der Waals surface area contributed by atoms with Crippen LogP contribution >= 0.6 is 0 Å².